The lowest BCUT2D eigenvalue weighted by molar-refractivity contribution is 0.181. The van der Waals surface area contributed by atoms with Crippen molar-refractivity contribution >= 4 is 16.5 Å². The van der Waals surface area contributed by atoms with Gasteiger partial charge in [0.25, 0.3) is 0 Å². The Kier molecular flexibility index (Phi) is 7.48. The van der Waals surface area contributed by atoms with E-state index in [-0.39, 0.29) is 0 Å². The summed E-state index contributed by atoms with van der Waals surface area (Å²) in [6.07, 6.45) is 2.39. The van der Waals surface area contributed by atoms with E-state index < -0.39 is 0 Å². The quantitative estimate of drug-likeness (QED) is 0.758. The second-order valence-electron chi connectivity index (χ2n) is 5.58. The molecule has 116 valence electrons. The fourth-order valence-electron chi connectivity index (χ4n) is 2.00. The van der Waals surface area contributed by atoms with Crippen molar-refractivity contribution < 1.29 is 4.74 Å². The van der Waals surface area contributed by atoms with Crippen LogP contribution in [0, 0.1) is 0 Å². The molecule has 0 aliphatic heterocycles. The number of nitrogens with one attached hydrogen (secondary N) is 1. The number of rotatable bonds is 9. The van der Waals surface area contributed by atoms with Crippen molar-refractivity contribution in [2.75, 3.05) is 19.1 Å². The lowest BCUT2D eigenvalue weighted by Gasteiger charge is -2.23. The van der Waals surface area contributed by atoms with Crippen molar-refractivity contribution in [3.8, 4) is 0 Å². The first kappa shape index (κ1) is 17.4. The lowest BCUT2D eigenvalue weighted by atomic mass is 10.2. The number of ether oxygens (including phenoxy) is 1. The molecule has 0 saturated heterocycles. The summed E-state index contributed by atoms with van der Waals surface area (Å²) in [6.45, 7) is 10.2. The van der Waals surface area contributed by atoms with Crippen LogP contribution >= 0.6 is 11.3 Å². The third-order valence-electron chi connectivity index (χ3n) is 3.39. The Balaban J connectivity index is 2.84. The van der Waals surface area contributed by atoms with E-state index in [9.17, 15) is 0 Å². The van der Waals surface area contributed by atoms with Gasteiger partial charge in [-0.1, -0.05) is 27.2 Å². The zero-order valence-corrected chi connectivity index (χ0v) is 14.5. The maximum absolute atomic E-state index is 5.27. The molecular weight excluding hydrogens is 270 g/mol. The van der Waals surface area contributed by atoms with Gasteiger partial charge in [0.05, 0.1) is 12.3 Å². The maximum atomic E-state index is 5.27. The normalized spacial score (nSPS) is 12.9. The monoisotopic (exact) mass is 299 g/mol. The Bertz CT molecular complexity index is 392. The van der Waals surface area contributed by atoms with Crippen LogP contribution in [0.15, 0.2) is 0 Å². The highest BCUT2D eigenvalue weighted by molar-refractivity contribution is 7.15. The summed E-state index contributed by atoms with van der Waals surface area (Å²) in [5, 5.41) is 4.56. The van der Waals surface area contributed by atoms with Crippen molar-refractivity contribution in [3.63, 3.8) is 0 Å². The van der Waals surface area contributed by atoms with E-state index in [1.54, 1.807) is 18.4 Å². The Hall–Kier alpha value is -0.650. The highest BCUT2D eigenvalue weighted by Gasteiger charge is 2.17. The molecule has 20 heavy (non-hydrogen) atoms. The van der Waals surface area contributed by atoms with E-state index in [0.29, 0.717) is 18.7 Å². The smallest absolute Gasteiger partial charge is 0.185 e. The van der Waals surface area contributed by atoms with E-state index >= 15 is 0 Å². The molecule has 0 fully saturated rings. The molecule has 1 aromatic rings. The minimum atomic E-state index is 0.479. The summed E-state index contributed by atoms with van der Waals surface area (Å²) >= 11 is 1.78. The molecule has 1 unspecified atom stereocenters. The molecule has 0 bridgehead atoms. The highest BCUT2D eigenvalue weighted by Crippen LogP contribution is 2.28. The average molecular weight is 299 g/mol. The summed E-state index contributed by atoms with van der Waals surface area (Å²) in [5.41, 5.74) is 1.07. The molecular formula is C15H29N3OS. The van der Waals surface area contributed by atoms with Crippen LogP contribution in [0.3, 0.4) is 0 Å². The van der Waals surface area contributed by atoms with Gasteiger partial charge in [-0.15, -0.1) is 11.3 Å². The van der Waals surface area contributed by atoms with Gasteiger partial charge in [0.2, 0.25) is 0 Å². The second-order valence-corrected chi connectivity index (χ2v) is 6.65. The number of nitrogens with zero attached hydrogens (tertiary/aromatic N) is 2. The van der Waals surface area contributed by atoms with Crippen LogP contribution in [-0.2, 0) is 17.9 Å². The van der Waals surface area contributed by atoms with Gasteiger partial charge in [0.15, 0.2) is 5.13 Å². The summed E-state index contributed by atoms with van der Waals surface area (Å²) in [5.74, 6) is 0. The van der Waals surface area contributed by atoms with Gasteiger partial charge in [0, 0.05) is 37.7 Å². The fraction of sp³-hybridized carbons (Fsp3) is 0.800. The summed E-state index contributed by atoms with van der Waals surface area (Å²) in [7, 11) is 3.86. The molecule has 5 heteroatoms. The standard InChI is InChI=1S/C15H29N3OS/c1-7-8-12(4)18(5)15-17-13(10-19-6)14(20-15)9-16-11(2)3/h11-12,16H,7-10H2,1-6H3. The van der Waals surface area contributed by atoms with E-state index in [2.05, 4.69) is 45.0 Å². The van der Waals surface area contributed by atoms with E-state index in [0.717, 1.165) is 17.4 Å². The Morgan fingerprint density at radius 1 is 1.35 bits per heavy atom. The first-order chi connectivity index (χ1) is 9.49. The van der Waals surface area contributed by atoms with Crippen molar-refractivity contribution in [2.45, 2.75) is 65.8 Å². The third-order valence-corrected chi connectivity index (χ3v) is 4.58. The lowest BCUT2D eigenvalue weighted by Crippen LogP contribution is -2.28. The number of aromatic nitrogens is 1. The van der Waals surface area contributed by atoms with Crippen LogP contribution in [0.2, 0.25) is 0 Å². The predicted molar refractivity (Wildman–Crippen MR) is 87.6 cm³/mol. The van der Waals surface area contributed by atoms with Crippen molar-refractivity contribution in [3.05, 3.63) is 10.6 Å². The number of anilines is 1. The SMILES string of the molecule is CCCC(C)N(C)c1nc(COC)c(CNC(C)C)s1. The minimum absolute atomic E-state index is 0.479. The van der Waals surface area contributed by atoms with E-state index in [4.69, 9.17) is 9.72 Å². The van der Waals surface area contributed by atoms with Crippen molar-refractivity contribution in [2.24, 2.45) is 0 Å². The zero-order valence-electron chi connectivity index (χ0n) is 13.7. The molecule has 1 heterocycles. The number of hydrogen-bond donors (Lipinski definition) is 1. The van der Waals surface area contributed by atoms with Crippen LogP contribution in [0.4, 0.5) is 5.13 Å². The van der Waals surface area contributed by atoms with Crippen LogP contribution in [-0.4, -0.2) is 31.2 Å². The summed E-state index contributed by atoms with van der Waals surface area (Å²) < 4.78 is 5.27. The molecule has 0 spiro atoms. The largest absolute Gasteiger partial charge is 0.378 e. The van der Waals surface area contributed by atoms with Gasteiger partial charge in [-0.05, 0) is 13.3 Å². The molecule has 0 aliphatic carbocycles. The Morgan fingerprint density at radius 2 is 2.05 bits per heavy atom. The molecule has 0 radical (unpaired) electrons. The summed E-state index contributed by atoms with van der Waals surface area (Å²) in [4.78, 5) is 8.33. The first-order valence-corrected chi connectivity index (χ1v) is 8.24. The minimum Gasteiger partial charge on any atom is -0.378 e. The van der Waals surface area contributed by atoms with Crippen LogP contribution in [0.25, 0.3) is 0 Å². The zero-order chi connectivity index (χ0) is 15.1. The topological polar surface area (TPSA) is 37.4 Å². The molecule has 4 nitrogen and oxygen atoms in total. The molecule has 0 aromatic carbocycles. The number of thiazole rings is 1. The van der Waals surface area contributed by atoms with Gasteiger partial charge in [0.1, 0.15) is 0 Å². The van der Waals surface area contributed by atoms with Gasteiger partial charge < -0.3 is 15.0 Å². The molecule has 0 saturated carbocycles. The molecule has 1 N–H and O–H groups in total. The first-order valence-electron chi connectivity index (χ1n) is 7.43. The summed E-state index contributed by atoms with van der Waals surface area (Å²) in [6, 6.07) is 1.00. The highest BCUT2D eigenvalue weighted by atomic mass is 32.1. The average Bonchev–Trinajstić information content (AvgIpc) is 2.79. The van der Waals surface area contributed by atoms with Crippen LogP contribution in [0.1, 0.15) is 51.1 Å². The number of hydrogen-bond acceptors (Lipinski definition) is 5. The fourth-order valence-corrected chi connectivity index (χ4v) is 3.08. The van der Waals surface area contributed by atoms with Crippen LogP contribution < -0.4 is 10.2 Å². The van der Waals surface area contributed by atoms with Crippen LogP contribution in [0.5, 0.6) is 0 Å². The molecule has 0 aliphatic rings. The maximum Gasteiger partial charge on any atom is 0.185 e. The van der Waals surface area contributed by atoms with Gasteiger partial charge in [-0.3, -0.25) is 0 Å². The second kappa shape index (κ2) is 8.60. The molecule has 0 amide bonds. The molecule has 1 atom stereocenters. The molecule has 1 aromatic heterocycles. The van der Waals surface area contributed by atoms with Gasteiger partial charge >= 0.3 is 0 Å². The predicted octanol–water partition coefficient (Wildman–Crippen LogP) is 3.41. The Labute approximate surface area is 127 Å². The van der Waals surface area contributed by atoms with Crippen molar-refractivity contribution in [1.29, 1.82) is 0 Å². The molecule has 1 rings (SSSR count). The van der Waals surface area contributed by atoms with Gasteiger partial charge in [-0.2, -0.15) is 0 Å². The van der Waals surface area contributed by atoms with E-state index in [1.165, 1.54) is 17.7 Å². The van der Waals surface area contributed by atoms with Crippen molar-refractivity contribution in [1.82, 2.24) is 10.3 Å². The Morgan fingerprint density at radius 3 is 2.60 bits per heavy atom. The third kappa shape index (κ3) is 5.04. The van der Waals surface area contributed by atoms with Gasteiger partial charge in [-0.25, -0.2) is 4.98 Å². The number of methoxy groups -OCH3 is 1. The van der Waals surface area contributed by atoms with E-state index in [1.807, 2.05) is 0 Å².